The van der Waals surface area contributed by atoms with Crippen molar-refractivity contribution in [2.75, 3.05) is 13.1 Å². The Kier molecular flexibility index (Phi) is 6.45. The smallest absolute Gasteiger partial charge is 0.241 e. The summed E-state index contributed by atoms with van der Waals surface area (Å²) in [5.41, 5.74) is 0.867. The zero-order chi connectivity index (χ0) is 13.9. The molecule has 2 unspecified atom stereocenters. The van der Waals surface area contributed by atoms with Crippen LogP contribution in [0.3, 0.4) is 0 Å². The van der Waals surface area contributed by atoms with E-state index in [-0.39, 0.29) is 18.4 Å². The molecule has 0 amide bonds. The fraction of sp³-hybridized carbons (Fsp3) is 0.571. The summed E-state index contributed by atoms with van der Waals surface area (Å²) < 4.78 is 27.8. The van der Waals surface area contributed by atoms with Crippen LogP contribution < -0.4 is 10.0 Å². The van der Waals surface area contributed by atoms with Gasteiger partial charge in [-0.15, -0.1) is 12.4 Å². The molecule has 0 aliphatic carbocycles. The molecule has 1 aliphatic heterocycles. The highest BCUT2D eigenvalue weighted by Gasteiger charge is 2.27. The lowest BCUT2D eigenvalue weighted by molar-refractivity contribution is 0.327. The third kappa shape index (κ3) is 3.95. The number of halogens is 1. The van der Waals surface area contributed by atoms with Gasteiger partial charge in [-0.25, -0.2) is 13.1 Å². The third-order valence-corrected chi connectivity index (χ3v) is 5.37. The first-order valence-electron chi connectivity index (χ1n) is 6.85. The molecule has 20 heavy (non-hydrogen) atoms. The van der Waals surface area contributed by atoms with Gasteiger partial charge in [0.05, 0.1) is 4.90 Å². The molecule has 2 rings (SSSR count). The van der Waals surface area contributed by atoms with Crippen molar-refractivity contribution in [1.82, 2.24) is 10.0 Å². The molecule has 1 fully saturated rings. The van der Waals surface area contributed by atoms with Gasteiger partial charge in [0, 0.05) is 12.6 Å². The van der Waals surface area contributed by atoms with Crippen molar-refractivity contribution >= 4 is 22.4 Å². The van der Waals surface area contributed by atoms with E-state index in [9.17, 15) is 8.42 Å². The molecule has 2 N–H and O–H groups in total. The number of benzene rings is 1. The molecule has 4 nitrogen and oxygen atoms in total. The van der Waals surface area contributed by atoms with E-state index < -0.39 is 10.0 Å². The zero-order valence-electron chi connectivity index (χ0n) is 11.9. The second kappa shape index (κ2) is 7.41. The first-order chi connectivity index (χ1) is 9.04. The molecule has 0 spiro atoms. The van der Waals surface area contributed by atoms with Crippen LogP contribution in [0.4, 0.5) is 0 Å². The fourth-order valence-electron chi connectivity index (χ4n) is 2.47. The van der Waals surface area contributed by atoms with Crippen LogP contribution in [-0.2, 0) is 16.4 Å². The van der Waals surface area contributed by atoms with Crippen molar-refractivity contribution in [3.63, 3.8) is 0 Å². The largest absolute Gasteiger partial charge is 0.315 e. The number of aryl methyl sites for hydroxylation is 1. The van der Waals surface area contributed by atoms with Crippen molar-refractivity contribution < 1.29 is 8.42 Å². The van der Waals surface area contributed by atoms with E-state index in [1.54, 1.807) is 12.1 Å². The Hall–Kier alpha value is -0.620. The summed E-state index contributed by atoms with van der Waals surface area (Å²) in [6, 6.07) is 7.18. The number of hydrogen-bond donors (Lipinski definition) is 2. The standard InChI is InChI=1S/C14H22N2O2S.ClH/c1-3-12-6-4-5-7-14(12)19(17,18)16-13-10-15-9-8-11(13)2;/h4-7,11,13,15-16H,3,8-10H2,1-2H3;1H. The summed E-state index contributed by atoms with van der Waals surface area (Å²) in [6.07, 6.45) is 1.72. The maximum atomic E-state index is 12.5. The van der Waals surface area contributed by atoms with Crippen molar-refractivity contribution in [3.8, 4) is 0 Å². The number of sulfonamides is 1. The van der Waals surface area contributed by atoms with Crippen LogP contribution in [-0.4, -0.2) is 27.5 Å². The van der Waals surface area contributed by atoms with Crippen molar-refractivity contribution in [2.45, 2.75) is 37.6 Å². The minimum absolute atomic E-state index is 0. The van der Waals surface area contributed by atoms with Gasteiger partial charge in [-0.2, -0.15) is 0 Å². The molecule has 1 aromatic rings. The van der Waals surface area contributed by atoms with E-state index in [2.05, 4.69) is 17.0 Å². The maximum Gasteiger partial charge on any atom is 0.241 e. The minimum Gasteiger partial charge on any atom is -0.315 e. The first-order valence-corrected chi connectivity index (χ1v) is 8.34. The minimum atomic E-state index is -3.43. The van der Waals surface area contributed by atoms with Crippen LogP contribution >= 0.6 is 12.4 Å². The van der Waals surface area contributed by atoms with Crippen LogP contribution in [0, 0.1) is 5.92 Å². The van der Waals surface area contributed by atoms with E-state index in [0.717, 1.165) is 24.9 Å². The van der Waals surface area contributed by atoms with Gasteiger partial charge in [0.2, 0.25) is 10.0 Å². The molecule has 0 bridgehead atoms. The molecule has 1 heterocycles. The van der Waals surface area contributed by atoms with Crippen molar-refractivity contribution in [1.29, 1.82) is 0 Å². The predicted molar refractivity (Wildman–Crippen MR) is 83.8 cm³/mol. The van der Waals surface area contributed by atoms with Gasteiger partial charge < -0.3 is 5.32 Å². The summed E-state index contributed by atoms with van der Waals surface area (Å²) >= 11 is 0. The Labute approximate surface area is 127 Å². The van der Waals surface area contributed by atoms with Crippen molar-refractivity contribution in [3.05, 3.63) is 29.8 Å². The molecule has 0 aromatic heterocycles. The lowest BCUT2D eigenvalue weighted by atomic mass is 9.96. The van der Waals surface area contributed by atoms with Gasteiger partial charge in [0.15, 0.2) is 0 Å². The molecule has 2 atom stereocenters. The third-order valence-electron chi connectivity index (χ3n) is 3.78. The highest BCUT2D eigenvalue weighted by atomic mass is 35.5. The van der Waals surface area contributed by atoms with E-state index in [0.29, 0.717) is 17.4 Å². The van der Waals surface area contributed by atoms with E-state index in [1.165, 1.54) is 0 Å². The van der Waals surface area contributed by atoms with Crippen LogP contribution in [0.15, 0.2) is 29.2 Å². The highest BCUT2D eigenvalue weighted by Crippen LogP contribution is 2.19. The number of piperidine rings is 1. The average molecular weight is 319 g/mol. The summed E-state index contributed by atoms with van der Waals surface area (Å²) in [6.45, 7) is 5.73. The Morgan fingerprint density at radius 1 is 1.35 bits per heavy atom. The van der Waals surface area contributed by atoms with E-state index >= 15 is 0 Å². The van der Waals surface area contributed by atoms with Crippen LogP contribution in [0.5, 0.6) is 0 Å². The number of nitrogens with one attached hydrogen (secondary N) is 2. The normalized spacial score (nSPS) is 23.1. The van der Waals surface area contributed by atoms with Gasteiger partial charge in [-0.05, 0) is 36.9 Å². The molecular weight excluding hydrogens is 296 g/mol. The Bertz CT molecular complexity index is 534. The Morgan fingerprint density at radius 2 is 2.05 bits per heavy atom. The summed E-state index contributed by atoms with van der Waals surface area (Å²) in [5, 5.41) is 3.24. The van der Waals surface area contributed by atoms with Gasteiger partial charge in [-0.3, -0.25) is 0 Å². The lowest BCUT2D eigenvalue weighted by Gasteiger charge is -2.30. The van der Waals surface area contributed by atoms with Gasteiger partial charge in [-0.1, -0.05) is 32.0 Å². The lowest BCUT2D eigenvalue weighted by Crippen LogP contribution is -2.50. The maximum absolute atomic E-state index is 12.5. The first kappa shape index (κ1) is 17.4. The Morgan fingerprint density at radius 3 is 2.70 bits per heavy atom. The van der Waals surface area contributed by atoms with E-state index in [4.69, 9.17) is 0 Å². The summed E-state index contributed by atoms with van der Waals surface area (Å²) in [5.74, 6) is 0.366. The van der Waals surface area contributed by atoms with Gasteiger partial charge in [0.25, 0.3) is 0 Å². The molecule has 1 aliphatic rings. The van der Waals surface area contributed by atoms with Crippen LogP contribution in [0.2, 0.25) is 0 Å². The molecule has 0 saturated carbocycles. The zero-order valence-corrected chi connectivity index (χ0v) is 13.6. The van der Waals surface area contributed by atoms with Gasteiger partial charge >= 0.3 is 0 Å². The second-order valence-corrected chi connectivity index (χ2v) is 6.84. The topological polar surface area (TPSA) is 58.2 Å². The number of hydrogen-bond acceptors (Lipinski definition) is 3. The summed E-state index contributed by atoms with van der Waals surface area (Å²) in [4.78, 5) is 0.412. The van der Waals surface area contributed by atoms with E-state index in [1.807, 2.05) is 19.1 Å². The molecule has 6 heteroatoms. The van der Waals surface area contributed by atoms with Crippen LogP contribution in [0.1, 0.15) is 25.8 Å². The quantitative estimate of drug-likeness (QED) is 0.892. The monoisotopic (exact) mass is 318 g/mol. The molecule has 1 aromatic carbocycles. The number of rotatable bonds is 4. The average Bonchev–Trinajstić information content (AvgIpc) is 2.41. The highest BCUT2D eigenvalue weighted by molar-refractivity contribution is 7.89. The van der Waals surface area contributed by atoms with Gasteiger partial charge in [0.1, 0.15) is 0 Å². The second-order valence-electron chi connectivity index (χ2n) is 5.16. The Balaban J connectivity index is 0.00000200. The predicted octanol–water partition coefficient (Wildman–Crippen LogP) is 1.95. The molecule has 0 radical (unpaired) electrons. The fourth-order valence-corrected chi connectivity index (χ4v) is 4.12. The molecule has 114 valence electrons. The molecule has 1 saturated heterocycles. The molecular formula is C14H23ClN2O2S. The summed E-state index contributed by atoms with van der Waals surface area (Å²) in [7, 11) is -3.43. The van der Waals surface area contributed by atoms with Crippen LogP contribution in [0.25, 0.3) is 0 Å². The SMILES string of the molecule is CCc1ccccc1S(=O)(=O)NC1CNCCC1C.Cl. The van der Waals surface area contributed by atoms with Crippen molar-refractivity contribution in [2.24, 2.45) is 5.92 Å².